The standard InChI is InChI=1S/C19H32O5/c1-17(2,3)23-15(21)14(16(22)24-18(4,5)6)13-11-12(20)9-10-19(13,7)8/h13-14H,9-11H2,1-8H3. The highest BCUT2D eigenvalue weighted by Crippen LogP contribution is 2.44. The van der Waals surface area contributed by atoms with Gasteiger partial charge in [-0.1, -0.05) is 13.8 Å². The number of hydrogen-bond donors (Lipinski definition) is 0. The van der Waals surface area contributed by atoms with Crippen molar-refractivity contribution in [2.45, 2.75) is 85.9 Å². The molecule has 24 heavy (non-hydrogen) atoms. The third-order valence-corrected chi connectivity index (χ3v) is 4.22. The predicted molar refractivity (Wildman–Crippen MR) is 91.3 cm³/mol. The molecule has 5 nitrogen and oxygen atoms in total. The molecular weight excluding hydrogens is 308 g/mol. The van der Waals surface area contributed by atoms with Gasteiger partial charge in [-0.05, 0) is 59.3 Å². The van der Waals surface area contributed by atoms with Crippen LogP contribution in [-0.4, -0.2) is 28.9 Å². The van der Waals surface area contributed by atoms with Gasteiger partial charge in [0.1, 0.15) is 17.0 Å². The Morgan fingerprint density at radius 3 is 1.79 bits per heavy atom. The van der Waals surface area contributed by atoms with Crippen LogP contribution in [0.2, 0.25) is 0 Å². The molecule has 0 spiro atoms. The number of hydrogen-bond acceptors (Lipinski definition) is 5. The Balaban J connectivity index is 3.18. The first-order valence-corrected chi connectivity index (χ1v) is 8.60. The average molecular weight is 340 g/mol. The van der Waals surface area contributed by atoms with Crippen LogP contribution in [0, 0.1) is 17.3 Å². The number of carbonyl (C=O) groups excluding carboxylic acids is 3. The van der Waals surface area contributed by atoms with Gasteiger partial charge in [0.15, 0.2) is 5.92 Å². The third-order valence-electron chi connectivity index (χ3n) is 4.22. The minimum Gasteiger partial charge on any atom is -0.459 e. The maximum absolute atomic E-state index is 12.7. The average Bonchev–Trinajstić information content (AvgIpc) is 2.29. The molecule has 1 aliphatic rings. The monoisotopic (exact) mass is 340 g/mol. The highest BCUT2D eigenvalue weighted by atomic mass is 16.6. The topological polar surface area (TPSA) is 69.7 Å². The van der Waals surface area contributed by atoms with Gasteiger partial charge >= 0.3 is 11.9 Å². The molecule has 0 bridgehead atoms. The summed E-state index contributed by atoms with van der Waals surface area (Å²) in [5.74, 6) is -2.63. The van der Waals surface area contributed by atoms with Crippen LogP contribution in [0.3, 0.4) is 0 Å². The molecule has 138 valence electrons. The fraction of sp³-hybridized carbons (Fsp3) is 0.842. The third kappa shape index (κ3) is 5.91. The molecule has 1 fully saturated rings. The normalized spacial score (nSPS) is 21.5. The second-order valence-corrected chi connectivity index (χ2v) is 9.38. The molecule has 0 radical (unpaired) electrons. The minimum absolute atomic E-state index is 0.0800. The van der Waals surface area contributed by atoms with Crippen LogP contribution >= 0.6 is 0 Å². The fourth-order valence-corrected chi connectivity index (χ4v) is 2.99. The van der Waals surface area contributed by atoms with Gasteiger partial charge in [-0.3, -0.25) is 14.4 Å². The quantitative estimate of drug-likeness (QED) is 0.579. The number of rotatable bonds is 3. The van der Waals surface area contributed by atoms with Crippen LogP contribution in [0.4, 0.5) is 0 Å². The summed E-state index contributed by atoms with van der Waals surface area (Å²) in [6.07, 6.45) is 1.34. The zero-order valence-corrected chi connectivity index (χ0v) is 16.3. The Morgan fingerprint density at radius 2 is 1.42 bits per heavy atom. The van der Waals surface area contributed by atoms with Crippen molar-refractivity contribution >= 4 is 17.7 Å². The summed E-state index contributed by atoms with van der Waals surface area (Å²) in [4.78, 5) is 37.5. The van der Waals surface area contributed by atoms with Crippen LogP contribution in [0.5, 0.6) is 0 Å². The second kappa shape index (κ2) is 6.85. The molecule has 0 saturated heterocycles. The van der Waals surface area contributed by atoms with E-state index in [2.05, 4.69) is 0 Å². The van der Waals surface area contributed by atoms with Gasteiger partial charge in [0, 0.05) is 12.8 Å². The Bertz CT molecular complexity index is 477. The number of Topliss-reactive ketones (excluding diaryl/α,β-unsaturated/α-hetero) is 1. The van der Waals surface area contributed by atoms with E-state index in [0.717, 1.165) is 0 Å². The molecule has 0 N–H and O–H groups in total. The van der Waals surface area contributed by atoms with Crippen molar-refractivity contribution in [1.82, 2.24) is 0 Å². The predicted octanol–water partition coefficient (Wildman–Crippen LogP) is 3.68. The maximum atomic E-state index is 12.7. The van der Waals surface area contributed by atoms with Gasteiger partial charge < -0.3 is 9.47 Å². The summed E-state index contributed by atoms with van der Waals surface area (Å²) in [6, 6.07) is 0. The first-order valence-electron chi connectivity index (χ1n) is 8.60. The van der Waals surface area contributed by atoms with E-state index in [0.29, 0.717) is 12.8 Å². The van der Waals surface area contributed by atoms with E-state index in [9.17, 15) is 14.4 Å². The van der Waals surface area contributed by atoms with E-state index in [-0.39, 0.29) is 17.6 Å². The zero-order valence-electron chi connectivity index (χ0n) is 16.3. The van der Waals surface area contributed by atoms with Crippen molar-refractivity contribution in [3.8, 4) is 0 Å². The molecule has 0 aromatic heterocycles. The molecule has 0 amide bonds. The highest BCUT2D eigenvalue weighted by Gasteiger charge is 2.49. The summed E-state index contributed by atoms with van der Waals surface area (Å²) >= 11 is 0. The zero-order chi connectivity index (χ0) is 18.9. The van der Waals surface area contributed by atoms with Gasteiger partial charge in [0.2, 0.25) is 0 Å². The first-order chi connectivity index (χ1) is 10.6. The number of ether oxygens (including phenoxy) is 2. The second-order valence-electron chi connectivity index (χ2n) is 9.38. The summed E-state index contributed by atoms with van der Waals surface area (Å²) in [7, 11) is 0. The van der Waals surface area contributed by atoms with Crippen LogP contribution in [-0.2, 0) is 23.9 Å². The number of carbonyl (C=O) groups is 3. The first kappa shape index (κ1) is 20.7. The lowest BCUT2D eigenvalue weighted by Crippen LogP contribution is -2.47. The van der Waals surface area contributed by atoms with E-state index >= 15 is 0 Å². The van der Waals surface area contributed by atoms with E-state index in [4.69, 9.17) is 9.47 Å². The van der Waals surface area contributed by atoms with Crippen molar-refractivity contribution < 1.29 is 23.9 Å². The molecule has 0 heterocycles. The van der Waals surface area contributed by atoms with Crippen LogP contribution < -0.4 is 0 Å². The van der Waals surface area contributed by atoms with Gasteiger partial charge in [0.05, 0.1) is 0 Å². The molecule has 1 rings (SSSR count). The minimum atomic E-state index is -1.08. The van der Waals surface area contributed by atoms with Crippen LogP contribution in [0.25, 0.3) is 0 Å². The van der Waals surface area contributed by atoms with Crippen molar-refractivity contribution in [1.29, 1.82) is 0 Å². The van der Waals surface area contributed by atoms with Crippen molar-refractivity contribution in [2.24, 2.45) is 17.3 Å². The van der Waals surface area contributed by atoms with Gasteiger partial charge in [0.25, 0.3) is 0 Å². The lowest BCUT2D eigenvalue weighted by Gasteiger charge is -2.41. The fourth-order valence-electron chi connectivity index (χ4n) is 2.99. The molecule has 1 saturated carbocycles. The summed E-state index contributed by atoms with van der Waals surface area (Å²) < 4.78 is 10.9. The number of esters is 2. The Morgan fingerprint density at radius 1 is 1.00 bits per heavy atom. The van der Waals surface area contributed by atoms with Crippen molar-refractivity contribution in [3.05, 3.63) is 0 Å². The maximum Gasteiger partial charge on any atom is 0.321 e. The lowest BCUT2D eigenvalue weighted by atomic mass is 9.63. The lowest BCUT2D eigenvalue weighted by molar-refractivity contribution is -0.181. The van der Waals surface area contributed by atoms with Crippen molar-refractivity contribution in [2.75, 3.05) is 0 Å². The Hall–Kier alpha value is -1.39. The van der Waals surface area contributed by atoms with Crippen LogP contribution in [0.1, 0.15) is 74.7 Å². The summed E-state index contributed by atoms with van der Waals surface area (Å²) in [5, 5.41) is 0. The number of ketones is 1. The molecule has 5 heteroatoms. The van der Waals surface area contributed by atoms with Gasteiger partial charge in [-0.15, -0.1) is 0 Å². The van der Waals surface area contributed by atoms with Crippen LogP contribution in [0.15, 0.2) is 0 Å². The Kier molecular flexibility index (Phi) is 5.89. The molecule has 0 aromatic rings. The van der Waals surface area contributed by atoms with Gasteiger partial charge in [-0.25, -0.2) is 0 Å². The van der Waals surface area contributed by atoms with E-state index in [1.807, 2.05) is 13.8 Å². The Labute approximate surface area is 145 Å². The molecule has 1 aliphatic carbocycles. The van der Waals surface area contributed by atoms with E-state index < -0.39 is 35.0 Å². The van der Waals surface area contributed by atoms with E-state index in [1.54, 1.807) is 41.5 Å². The molecule has 1 atom stereocenters. The summed E-state index contributed by atoms with van der Waals surface area (Å²) in [6.45, 7) is 14.5. The van der Waals surface area contributed by atoms with E-state index in [1.165, 1.54) is 0 Å². The molecule has 0 aliphatic heterocycles. The highest BCUT2D eigenvalue weighted by molar-refractivity contribution is 5.96. The smallest absolute Gasteiger partial charge is 0.321 e. The van der Waals surface area contributed by atoms with Gasteiger partial charge in [-0.2, -0.15) is 0 Å². The summed E-state index contributed by atoms with van der Waals surface area (Å²) in [5.41, 5.74) is -1.73. The molecular formula is C19H32O5. The largest absolute Gasteiger partial charge is 0.459 e. The van der Waals surface area contributed by atoms with Crippen molar-refractivity contribution in [3.63, 3.8) is 0 Å². The SMILES string of the molecule is CC(C)(C)OC(=O)C(C(=O)OC(C)(C)C)C1CC(=O)CCC1(C)C. The molecule has 1 unspecified atom stereocenters. The molecule has 0 aromatic carbocycles.